The van der Waals surface area contributed by atoms with Crippen molar-refractivity contribution in [2.45, 2.75) is 19.4 Å². The fourth-order valence-electron chi connectivity index (χ4n) is 4.36. The maximum atomic E-state index is 12.9. The number of benzene rings is 2. The molecule has 1 fully saturated rings. The van der Waals surface area contributed by atoms with Crippen LogP contribution in [-0.4, -0.2) is 63.9 Å². The number of carbonyl (C=O) groups excluding carboxylic acids is 1. The fourth-order valence-corrected chi connectivity index (χ4v) is 4.36. The minimum Gasteiger partial charge on any atom is -0.493 e. The van der Waals surface area contributed by atoms with Crippen molar-refractivity contribution in [1.29, 1.82) is 0 Å². The first-order valence-electron chi connectivity index (χ1n) is 10.8. The molecule has 0 saturated carbocycles. The lowest BCUT2D eigenvalue weighted by Crippen LogP contribution is -2.43. The van der Waals surface area contributed by atoms with E-state index in [9.17, 15) is 4.79 Å². The Labute approximate surface area is 178 Å². The van der Waals surface area contributed by atoms with Gasteiger partial charge < -0.3 is 19.7 Å². The molecule has 2 heterocycles. The Hall–Kier alpha value is -2.57. The van der Waals surface area contributed by atoms with Crippen LogP contribution in [0.4, 0.5) is 5.69 Å². The quantitative estimate of drug-likeness (QED) is 0.762. The second kappa shape index (κ2) is 9.49. The number of fused-ring (bicyclic) bond motifs is 1. The fraction of sp³-hybridized carbons (Fsp3) is 0.458. The van der Waals surface area contributed by atoms with Crippen LogP contribution in [0.1, 0.15) is 34.5 Å². The number of nitrogens with one attached hydrogen (secondary N) is 1. The molecular weight excluding hydrogens is 378 g/mol. The van der Waals surface area contributed by atoms with Gasteiger partial charge in [0.05, 0.1) is 31.4 Å². The summed E-state index contributed by atoms with van der Waals surface area (Å²) in [5.41, 5.74) is 4.54. The van der Waals surface area contributed by atoms with E-state index in [1.165, 1.54) is 16.8 Å². The highest BCUT2D eigenvalue weighted by atomic mass is 16.5. The lowest BCUT2D eigenvalue weighted by atomic mass is 10.00. The number of amides is 1. The van der Waals surface area contributed by atoms with Gasteiger partial charge in [-0.1, -0.05) is 24.3 Å². The number of carbonyl (C=O) groups is 1. The molecule has 6 nitrogen and oxygen atoms in total. The molecule has 1 amide bonds. The lowest BCUT2D eigenvalue weighted by molar-refractivity contribution is 0.0162. The molecule has 4 rings (SSSR count). The Kier molecular flexibility index (Phi) is 6.55. The van der Waals surface area contributed by atoms with Crippen molar-refractivity contribution in [2.24, 2.45) is 0 Å². The van der Waals surface area contributed by atoms with E-state index >= 15 is 0 Å². The van der Waals surface area contributed by atoms with Gasteiger partial charge in [-0.25, -0.2) is 0 Å². The summed E-state index contributed by atoms with van der Waals surface area (Å²) in [6.45, 7) is 7.26. The SMILES string of the molecule is CCOc1ccccc1C(=O)NC[C@@H](c1ccc2c(c1)CCN2C)N1CCOCC1. The molecule has 0 radical (unpaired) electrons. The maximum absolute atomic E-state index is 12.9. The van der Waals surface area contributed by atoms with Gasteiger partial charge in [-0.3, -0.25) is 9.69 Å². The molecule has 2 aliphatic heterocycles. The smallest absolute Gasteiger partial charge is 0.255 e. The zero-order valence-electron chi connectivity index (χ0n) is 17.9. The van der Waals surface area contributed by atoms with Crippen molar-refractivity contribution in [2.75, 3.05) is 57.9 Å². The summed E-state index contributed by atoms with van der Waals surface area (Å²) in [7, 11) is 2.14. The largest absolute Gasteiger partial charge is 0.493 e. The third-order valence-electron chi connectivity index (χ3n) is 5.99. The third kappa shape index (κ3) is 4.45. The monoisotopic (exact) mass is 409 g/mol. The molecule has 0 aromatic heterocycles. The number of hydrogen-bond acceptors (Lipinski definition) is 5. The van der Waals surface area contributed by atoms with Crippen molar-refractivity contribution in [3.05, 3.63) is 59.2 Å². The van der Waals surface area contributed by atoms with Gasteiger partial charge in [0.25, 0.3) is 5.91 Å². The van der Waals surface area contributed by atoms with E-state index < -0.39 is 0 Å². The zero-order chi connectivity index (χ0) is 20.9. The van der Waals surface area contributed by atoms with E-state index in [4.69, 9.17) is 9.47 Å². The van der Waals surface area contributed by atoms with E-state index in [2.05, 4.69) is 40.4 Å². The zero-order valence-corrected chi connectivity index (χ0v) is 17.9. The van der Waals surface area contributed by atoms with Crippen LogP contribution in [0.2, 0.25) is 0 Å². The highest BCUT2D eigenvalue weighted by molar-refractivity contribution is 5.96. The molecule has 6 heteroatoms. The van der Waals surface area contributed by atoms with Crippen LogP contribution < -0.4 is 15.0 Å². The second-order valence-corrected chi connectivity index (χ2v) is 7.86. The Morgan fingerprint density at radius 1 is 1.17 bits per heavy atom. The standard InChI is InChI=1S/C24H31N3O3/c1-3-30-23-7-5-4-6-20(23)24(28)25-17-22(27-12-14-29-15-13-27)18-8-9-21-19(16-18)10-11-26(21)2/h4-9,16,22H,3,10-15,17H2,1-2H3,(H,25,28)/t22-/m0/s1. The molecular formula is C24H31N3O3. The predicted molar refractivity (Wildman–Crippen MR) is 118 cm³/mol. The van der Waals surface area contributed by atoms with Crippen LogP contribution in [0.15, 0.2) is 42.5 Å². The molecule has 2 aromatic carbocycles. The predicted octanol–water partition coefficient (Wildman–Crippen LogP) is 2.88. The Balaban J connectivity index is 1.53. The summed E-state index contributed by atoms with van der Waals surface area (Å²) in [5.74, 6) is 0.527. The number of morpholine rings is 1. The van der Waals surface area contributed by atoms with Crippen molar-refractivity contribution in [1.82, 2.24) is 10.2 Å². The van der Waals surface area contributed by atoms with Crippen LogP contribution >= 0.6 is 0 Å². The molecule has 0 aliphatic carbocycles. The summed E-state index contributed by atoms with van der Waals surface area (Å²) in [4.78, 5) is 17.7. The van der Waals surface area contributed by atoms with Gasteiger partial charge in [-0.2, -0.15) is 0 Å². The van der Waals surface area contributed by atoms with Gasteiger partial charge in [0.2, 0.25) is 0 Å². The highest BCUT2D eigenvalue weighted by Crippen LogP contribution is 2.31. The van der Waals surface area contributed by atoms with Crippen molar-refractivity contribution >= 4 is 11.6 Å². The van der Waals surface area contributed by atoms with Crippen molar-refractivity contribution in [3.8, 4) is 5.75 Å². The minimum absolute atomic E-state index is 0.0989. The van der Waals surface area contributed by atoms with Gasteiger partial charge in [-0.05, 0) is 42.7 Å². The summed E-state index contributed by atoms with van der Waals surface area (Å²) in [6.07, 6.45) is 1.07. The van der Waals surface area contributed by atoms with Crippen LogP contribution in [0, 0.1) is 0 Å². The molecule has 0 bridgehead atoms. The first kappa shape index (κ1) is 20.7. The van der Waals surface area contributed by atoms with Crippen LogP contribution in [-0.2, 0) is 11.2 Å². The summed E-state index contributed by atoms with van der Waals surface area (Å²) in [5, 5.41) is 3.16. The highest BCUT2D eigenvalue weighted by Gasteiger charge is 2.26. The molecule has 30 heavy (non-hydrogen) atoms. The molecule has 160 valence electrons. The molecule has 0 unspecified atom stereocenters. The molecule has 0 spiro atoms. The van der Waals surface area contributed by atoms with E-state index in [-0.39, 0.29) is 11.9 Å². The average Bonchev–Trinajstić information content (AvgIpc) is 3.15. The number of nitrogens with zero attached hydrogens (tertiary/aromatic N) is 2. The Morgan fingerprint density at radius 2 is 1.97 bits per heavy atom. The first-order valence-corrected chi connectivity index (χ1v) is 10.8. The van der Waals surface area contributed by atoms with Gasteiger partial charge in [0.1, 0.15) is 5.75 Å². The number of likely N-dealkylation sites (N-methyl/N-ethyl adjacent to an activating group) is 1. The third-order valence-corrected chi connectivity index (χ3v) is 5.99. The number of hydrogen-bond donors (Lipinski definition) is 1. The Morgan fingerprint density at radius 3 is 2.77 bits per heavy atom. The van der Waals surface area contributed by atoms with Crippen LogP contribution in [0.3, 0.4) is 0 Å². The van der Waals surface area contributed by atoms with Crippen molar-refractivity contribution in [3.63, 3.8) is 0 Å². The second-order valence-electron chi connectivity index (χ2n) is 7.86. The number of para-hydroxylation sites is 1. The molecule has 1 saturated heterocycles. The van der Waals surface area contributed by atoms with E-state index in [1.54, 1.807) is 0 Å². The summed E-state index contributed by atoms with van der Waals surface area (Å²) >= 11 is 0. The normalized spacial score (nSPS) is 17.5. The summed E-state index contributed by atoms with van der Waals surface area (Å²) < 4.78 is 11.2. The van der Waals surface area contributed by atoms with Gasteiger partial charge in [0.15, 0.2) is 0 Å². The number of ether oxygens (including phenoxy) is 2. The lowest BCUT2D eigenvalue weighted by Gasteiger charge is -2.35. The topological polar surface area (TPSA) is 54.0 Å². The van der Waals surface area contributed by atoms with Gasteiger partial charge in [-0.15, -0.1) is 0 Å². The molecule has 2 aliphatic rings. The molecule has 1 atom stereocenters. The molecule has 1 N–H and O–H groups in total. The minimum atomic E-state index is -0.0989. The van der Waals surface area contributed by atoms with Gasteiger partial charge >= 0.3 is 0 Å². The Bertz CT molecular complexity index is 880. The van der Waals surface area contributed by atoms with E-state index in [1.807, 2.05) is 31.2 Å². The number of anilines is 1. The van der Waals surface area contributed by atoms with E-state index in [0.29, 0.717) is 24.5 Å². The first-order chi connectivity index (χ1) is 14.7. The van der Waals surface area contributed by atoms with E-state index in [0.717, 1.165) is 39.3 Å². The molecule has 2 aromatic rings. The van der Waals surface area contributed by atoms with Crippen LogP contribution in [0.5, 0.6) is 5.75 Å². The number of rotatable bonds is 7. The van der Waals surface area contributed by atoms with Crippen LogP contribution in [0.25, 0.3) is 0 Å². The van der Waals surface area contributed by atoms with Gasteiger partial charge in [0, 0.05) is 38.9 Å². The summed E-state index contributed by atoms with van der Waals surface area (Å²) in [6, 6.07) is 14.3. The maximum Gasteiger partial charge on any atom is 0.255 e. The average molecular weight is 410 g/mol. The van der Waals surface area contributed by atoms with Crippen molar-refractivity contribution < 1.29 is 14.3 Å².